The minimum absolute atomic E-state index is 0.0574. The number of hydrogen-bond donors (Lipinski definition) is 3. The first-order valence-electron chi connectivity index (χ1n) is 10.1. The molecular weight excluding hydrogens is 454 g/mol. The van der Waals surface area contributed by atoms with Gasteiger partial charge in [0.25, 0.3) is 0 Å². The molecule has 1 atom stereocenters. The largest absolute Gasteiger partial charge is 0.464 e. The average Bonchev–Trinajstić information content (AvgIpc) is 3.03. The molecule has 0 saturated heterocycles. The number of hydrogen-bond acceptors (Lipinski definition) is 10. The van der Waals surface area contributed by atoms with Crippen LogP contribution in [0.1, 0.15) is 67.1 Å². The lowest BCUT2D eigenvalue weighted by molar-refractivity contribution is -0.144. The van der Waals surface area contributed by atoms with Crippen LogP contribution in [0.25, 0.3) is 0 Å². The van der Waals surface area contributed by atoms with E-state index in [4.69, 9.17) is 14.2 Å². The second-order valence-corrected chi connectivity index (χ2v) is 9.50. The third-order valence-electron chi connectivity index (χ3n) is 3.09. The summed E-state index contributed by atoms with van der Waals surface area (Å²) in [5, 5.41) is 8.85. The van der Waals surface area contributed by atoms with Crippen LogP contribution in [-0.2, 0) is 23.8 Å². The van der Waals surface area contributed by atoms with Gasteiger partial charge in [-0.15, -0.1) is 11.3 Å². The molecular formula is C20H31N5O7S. The highest BCUT2D eigenvalue weighted by Crippen LogP contribution is 2.24. The molecule has 33 heavy (non-hydrogen) atoms. The number of thiazole rings is 1. The van der Waals surface area contributed by atoms with Crippen molar-refractivity contribution in [3.8, 4) is 0 Å². The second kappa shape index (κ2) is 11.6. The van der Waals surface area contributed by atoms with Gasteiger partial charge in [-0.25, -0.2) is 24.4 Å². The fraction of sp³-hybridized carbons (Fsp3) is 0.600. The van der Waals surface area contributed by atoms with Gasteiger partial charge < -0.3 is 19.5 Å². The molecule has 184 valence electrons. The normalized spacial score (nSPS) is 12.1. The Morgan fingerprint density at radius 3 is 1.97 bits per heavy atom. The zero-order valence-electron chi connectivity index (χ0n) is 20.0. The summed E-state index contributed by atoms with van der Waals surface area (Å²) < 4.78 is 15.5. The maximum absolute atomic E-state index is 12.6. The first-order valence-corrected chi connectivity index (χ1v) is 10.9. The highest BCUT2D eigenvalue weighted by atomic mass is 32.1. The summed E-state index contributed by atoms with van der Waals surface area (Å²) in [6.07, 6.45) is -1.84. The highest BCUT2D eigenvalue weighted by Gasteiger charge is 2.28. The standard InChI is InChI=1S/C20H31N5O7S/c1-9-30-14(27)13(12-10-33-16(22-12)21-11(2)26)23-15(24-17(28)31-19(3,4)5)25-18(29)32-20(6,7)8/h10,13H,9H2,1-8H3,(H,21,22,26)(H2,23,24,25,28,29). The zero-order valence-corrected chi connectivity index (χ0v) is 20.8. The topological polar surface area (TPSA) is 157 Å². The zero-order chi connectivity index (χ0) is 25.4. The number of carbonyl (C=O) groups excluding carboxylic acids is 4. The number of ether oxygens (including phenoxy) is 3. The first-order chi connectivity index (χ1) is 15.1. The quantitative estimate of drug-likeness (QED) is 0.248. The minimum atomic E-state index is -1.36. The molecule has 3 N–H and O–H groups in total. The molecule has 0 bridgehead atoms. The smallest absolute Gasteiger partial charge is 0.414 e. The van der Waals surface area contributed by atoms with Gasteiger partial charge in [0.15, 0.2) is 11.2 Å². The lowest BCUT2D eigenvalue weighted by Crippen LogP contribution is -2.47. The van der Waals surface area contributed by atoms with Gasteiger partial charge in [-0.1, -0.05) is 0 Å². The van der Waals surface area contributed by atoms with Crippen molar-refractivity contribution in [2.24, 2.45) is 4.99 Å². The van der Waals surface area contributed by atoms with E-state index in [1.807, 2.05) is 0 Å². The number of aromatic nitrogens is 1. The number of nitrogens with one attached hydrogen (secondary N) is 3. The van der Waals surface area contributed by atoms with E-state index in [1.54, 1.807) is 48.5 Å². The van der Waals surface area contributed by atoms with E-state index in [1.165, 1.54) is 12.3 Å². The molecule has 13 heteroatoms. The predicted octanol–water partition coefficient (Wildman–Crippen LogP) is 3.11. The third kappa shape index (κ3) is 11.3. The van der Waals surface area contributed by atoms with Crippen molar-refractivity contribution in [2.45, 2.75) is 72.6 Å². The van der Waals surface area contributed by atoms with E-state index >= 15 is 0 Å². The monoisotopic (exact) mass is 485 g/mol. The molecule has 0 fully saturated rings. The summed E-state index contributed by atoms with van der Waals surface area (Å²) in [6.45, 7) is 12.9. The Hall–Kier alpha value is -3.22. The Balaban J connectivity index is 3.33. The van der Waals surface area contributed by atoms with E-state index in [0.717, 1.165) is 11.3 Å². The Morgan fingerprint density at radius 2 is 1.55 bits per heavy atom. The number of amides is 3. The maximum Gasteiger partial charge on any atom is 0.414 e. The summed E-state index contributed by atoms with van der Waals surface area (Å²) >= 11 is 1.07. The molecule has 1 heterocycles. The highest BCUT2D eigenvalue weighted by molar-refractivity contribution is 7.13. The van der Waals surface area contributed by atoms with E-state index < -0.39 is 41.4 Å². The number of esters is 1. The molecule has 0 aliphatic rings. The Morgan fingerprint density at radius 1 is 1.03 bits per heavy atom. The molecule has 3 amide bonds. The van der Waals surface area contributed by atoms with Crippen LogP contribution < -0.4 is 16.0 Å². The summed E-state index contributed by atoms with van der Waals surface area (Å²) in [6, 6.07) is -1.36. The number of nitrogens with zero attached hydrogens (tertiary/aromatic N) is 2. The Kier molecular flexibility index (Phi) is 9.77. The molecule has 1 rings (SSSR count). The Labute approximate surface area is 196 Å². The molecule has 0 saturated carbocycles. The molecule has 1 aromatic rings. The van der Waals surface area contributed by atoms with Crippen LogP contribution in [0, 0.1) is 0 Å². The van der Waals surface area contributed by atoms with Crippen LogP contribution in [-0.4, -0.2) is 52.8 Å². The van der Waals surface area contributed by atoms with Gasteiger partial charge in [-0.3, -0.25) is 15.4 Å². The molecule has 0 radical (unpaired) electrons. The van der Waals surface area contributed by atoms with Gasteiger partial charge in [0.05, 0.1) is 12.3 Å². The molecule has 1 aromatic heterocycles. The van der Waals surface area contributed by atoms with Gasteiger partial charge in [0.1, 0.15) is 11.2 Å². The van der Waals surface area contributed by atoms with Crippen LogP contribution in [0.3, 0.4) is 0 Å². The van der Waals surface area contributed by atoms with E-state index in [9.17, 15) is 19.2 Å². The van der Waals surface area contributed by atoms with E-state index in [2.05, 4.69) is 25.9 Å². The lowest BCUT2D eigenvalue weighted by atomic mass is 10.2. The van der Waals surface area contributed by atoms with Gasteiger partial charge in [0.2, 0.25) is 11.9 Å². The first kappa shape index (κ1) is 27.8. The number of guanidine groups is 1. The van der Waals surface area contributed by atoms with Gasteiger partial charge in [-0.05, 0) is 48.5 Å². The molecule has 0 aliphatic heterocycles. The van der Waals surface area contributed by atoms with Crippen molar-refractivity contribution in [3.63, 3.8) is 0 Å². The number of rotatable bonds is 5. The fourth-order valence-corrected chi connectivity index (χ4v) is 2.88. The molecule has 0 aromatic carbocycles. The fourth-order valence-electron chi connectivity index (χ4n) is 2.11. The molecule has 1 unspecified atom stereocenters. The van der Waals surface area contributed by atoms with Gasteiger partial charge in [0, 0.05) is 12.3 Å². The summed E-state index contributed by atoms with van der Waals surface area (Å²) in [4.78, 5) is 56.8. The number of aliphatic imine (C=N–C) groups is 1. The van der Waals surface area contributed by atoms with Crippen LogP contribution in [0.15, 0.2) is 10.4 Å². The van der Waals surface area contributed by atoms with Gasteiger partial charge in [-0.2, -0.15) is 0 Å². The molecule has 0 spiro atoms. The van der Waals surface area contributed by atoms with Gasteiger partial charge >= 0.3 is 18.2 Å². The van der Waals surface area contributed by atoms with Crippen molar-refractivity contribution in [1.82, 2.24) is 15.6 Å². The van der Waals surface area contributed by atoms with Crippen molar-refractivity contribution < 1.29 is 33.4 Å². The van der Waals surface area contributed by atoms with Crippen molar-refractivity contribution in [1.29, 1.82) is 0 Å². The van der Waals surface area contributed by atoms with Crippen molar-refractivity contribution in [2.75, 3.05) is 11.9 Å². The summed E-state index contributed by atoms with van der Waals surface area (Å²) in [5.74, 6) is -1.54. The molecule has 0 aliphatic carbocycles. The second-order valence-electron chi connectivity index (χ2n) is 8.64. The van der Waals surface area contributed by atoms with Crippen molar-refractivity contribution >= 4 is 46.5 Å². The predicted molar refractivity (Wildman–Crippen MR) is 122 cm³/mol. The van der Waals surface area contributed by atoms with Crippen LogP contribution in [0.5, 0.6) is 0 Å². The van der Waals surface area contributed by atoms with E-state index in [0.29, 0.717) is 0 Å². The lowest BCUT2D eigenvalue weighted by Gasteiger charge is -2.22. The minimum Gasteiger partial charge on any atom is -0.464 e. The maximum atomic E-state index is 12.6. The average molecular weight is 486 g/mol. The SMILES string of the molecule is CCOC(=O)C(N=C(NC(=O)OC(C)(C)C)NC(=O)OC(C)(C)C)c1csc(NC(C)=O)n1. The molecule has 12 nitrogen and oxygen atoms in total. The number of carbonyl (C=O) groups is 4. The summed E-state index contributed by atoms with van der Waals surface area (Å²) in [7, 11) is 0. The number of anilines is 1. The van der Waals surface area contributed by atoms with Crippen molar-refractivity contribution in [3.05, 3.63) is 11.1 Å². The van der Waals surface area contributed by atoms with Crippen LogP contribution in [0.2, 0.25) is 0 Å². The van der Waals surface area contributed by atoms with Crippen LogP contribution in [0.4, 0.5) is 14.7 Å². The Bertz CT molecular complexity index is 867. The van der Waals surface area contributed by atoms with Crippen LogP contribution >= 0.6 is 11.3 Å². The third-order valence-corrected chi connectivity index (χ3v) is 3.87. The van der Waals surface area contributed by atoms with E-state index in [-0.39, 0.29) is 23.3 Å². The summed E-state index contributed by atoms with van der Waals surface area (Å²) in [5.41, 5.74) is -1.52. The number of alkyl carbamates (subject to hydrolysis) is 2.